The summed E-state index contributed by atoms with van der Waals surface area (Å²) < 4.78 is 0. The van der Waals surface area contributed by atoms with Gasteiger partial charge in [0, 0.05) is 19.4 Å². The molecule has 1 atom stereocenters. The third kappa shape index (κ3) is 2.95. The molecular weight excluding hydrogens is 378 g/mol. The predicted octanol–water partition coefficient (Wildman–Crippen LogP) is 2.43. The molecule has 0 unspecified atom stereocenters. The third-order valence-corrected chi connectivity index (χ3v) is 6.31. The van der Waals surface area contributed by atoms with Crippen LogP contribution in [0.2, 0.25) is 0 Å². The summed E-state index contributed by atoms with van der Waals surface area (Å²) in [4.78, 5) is 41.4. The lowest BCUT2D eigenvalue weighted by atomic mass is 9.98. The van der Waals surface area contributed by atoms with Gasteiger partial charge in [0.1, 0.15) is 10.7 Å². The van der Waals surface area contributed by atoms with Crippen molar-refractivity contribution in [2.45, 2.75) is 45.2 Å². The summed E-state index contributed by atoms with van der Waals surface area (Å²) in [5.74, 6) is -0.385. The molecule has 9 heteroatoms. The minimum absolute atomic E-state index is 0.00198. The maximum atomic E-state index is 13.1. The minimum atomic E-state index is -0.749. The van der Waals surface area contributed by atoms with Gasteiger partial charge in [0.15, 0.2) is 0 Å². The standard InChI is InChI=1S/C19H21N5O3S/c1-3-15-21-22-18(28-15)20-14(25)9-11-23-17(27)12-6-4-5-7-13(12)24-16(26)8-10-19(23,24)2/h4-7H,3,8-11H2,1-2H3,(H,20,22,25)/t19-/m0/s1. The van der Waals surface area contributed by atoms with Crippen LogP contribution in [0, 0.1) is 0 Å². The number of hydrogen-bond donors (Lipinski definition) is 1. The van der Waals surface area contributed by atoms with Crippen molar-refractivity contribution in [1.29, 1.82) is 0 Å². The van der Waals surface area contributed by atoms with E-state index in [-0.39, 0.29) is 30.7 Å². The largest absolute Gasteiger partial charge is 0.315 e. The van der Waals surface area contributed by atoms with E-state index in [9.17, 15) is 14.4 Å². The summed E-state index contributed by atoms with van der Waals surface area (Å²) in [6.45, 7) is 4.09. The topological polar surface area (TPSA) is 95.5 Å². The molecule has 0 aliphatic carbocycles. The molecule has 2 aromatic rings. The van der Waals surface area contributed by atoms with Gasteiger partial charge in [0.2, 0.25) is 16.9 Å². The zero-order valence-electron chi connectivity index (χ0n) is 15.8. The summed E-state index contributed by atoms with van der Waals surface area (Å²) in [6.07, 6.45) is 1.80. The molecule has 146 valence electrons. The van der Waals surface area contributed by atoms with Gasteiger partial charge in [0.25, 0.3) is 5.91 Å². The number of benzene rings is 1. The molecule has 28 heavy (non-hydrogen) atoms. The summed E-state index contributed by atoms with van der Waals surface area (Å²) in [5, 5.41) is 12.0. The van der Waals surface area contributed by atoms with Crippen LogP contribution in [0.15, 0.2) is 24.3 Å². The van der Waals surface area contributed by atoms with Crippen LogP contribution in [-0.2, 0) is 16.0 Å². The predicted molar refractivity (Wildman–Crippen MR) is 105 cm³/mol. The Morgan fingerprint density at radius 1 is 1.29 bits per heavy atom. The van der Waals surface area contributed by atoms with E-state index in [4.69, 9.17) is 0 Å². The molecule has 8 nitrogen and oxygen atoms in total. The molecule has 1 saturated heterocycles. The van der Waals surface area contributed by atoms with Crippen LogP contribution in [0.1, 0.15) is 48.5 Å². The van der Waals surface area contributed by atoms with Gasteiger partial charge in [0.05, 0.1) is 11.3 Å². The Labute approximate surface area is 166 Å². The third-order valence-electron chi connectivity index (χ3n) is 5.32. The van der Waals surface area contributed by atoms with E-state index >= 15 is 0 Å². The lowest BCUT2D eigenvalue weighted by molar-refractivity contribution is -0.117. The fourth-order valence-corrected chi connectivity index (χ4v) is 4.58. The van der Waals surface area contributed by atoms with E-state index < -0.39 is 5.66 Å². The number of aromatic nitrogens is 2. The van der Waals surface area contributed by atoms with Crippen LogP contribution >= 0.6 is 11.3 Å². The monoisotopic (exact) mass is 399 g/mol. The fraction of sp³-hybridized carbons (Fsp3) is 0.421. The number of rotatable bonds is 5. The van der Waals surface area contributed by atoms with Crippen molar-refractivity contribution in [2.75, 3.05) is 16.8 Å². The Bertz CT molecular complexity index is 959. The first-order valence-electron chi connectivity index (χ1n) is 9.30. The Hall–Kier alpha value is -2.81. The molecule has 4 rings (SSSR count). The van der Waals surface area contributed by atoms with Crippen LogP contribution in [0.5, 0.6) is 0 Å². The van der Waals surface area contributed by atoms with Crippen molar-refractivity contribution < 1.29 is 14.4 Å². The molecule has 1 aromatic carbocycles. The maximum Gasteiger partial charge on any atom is 0.257 e. The smallest absolute Gasteiger partial charge is 0.257 e. The number of nitrogens with one attached hydrogen (secondary N) is 1. The number of hydrogen-bond acceptors (Lipinski definition) is 6. The Kier molecular flexibility index (Phi) is 4.62. The van der Waals surface area contributed by atoms with Crippen LogP contribution in [-0.4, -0.2) is 45.0 Å². The highest BCUT2D eigenvalue weighted by atomic mass is 32.1. The number of aryl methyl sites for hydroxylation is 1. The Morgan fingerprint density at radius 2 is 2.07 bits per heavy atom. The van der Waals surface area contributed by atoms with Crippen molar-refractivity contribution in [3.63, 3.8) is 0 Å². The van der Waals surface area contributed by atoms with E-state index in [1.54, 1.807) is 28.0 Å². The van der Waals surface area contributed by atoms with Gasteiger partial charge >= 0.3 is 0 Å². The number of carbonyl (C=O) groups is 3. The molecule has 1 N–H and O–H groups in total. The van der Waals surface area contributed by atoms with E-state index in [0.29, 0.717) is 29.2 Å². The zero-order valence-corrected chi connectivity index (χ0v) is 16.6. The van der Waals surface area contributed by atoms with Gasteiger partial charge in [-0.2, -0.15) is 0 Å². The molecule has 0 bridgehead atoms. The molecule has 1 fully saturated rings. The number of fused-ring (bicyclic) bond motifs is 3. The first-order valence-corrected chi connectivity index (χ1v) is 10.1. The van der Waals surface area contributed by atoms with Crippen LogP contribution in [0.4, 0.5) is 10.8 Å². The van der Waals surface area contributed by atoms with Gasteiger partial charge in [-0.3, -0.25) is 19.3 Å². The molecule has 3 heterocycles. The average molecular weight is 399 g/mol. The van der Waals surface area contributed by atoms with Crippen molar-refractivity contribution in [2.24, 2.45) is 0 Å². The molecule has 0 spiro atoms. The van der Waals surface area contributed by atoms with E-state index in [1.165, 1.54) is 11.3 Å². The van der Waals surface area contributed by atoms with Crippen LogP contribution < -0.4 is 10.2 Å². The second-order valence-electron chi connectivity index (χ2n) is 7.07. The molecule has 3 amide bonds. The van der Waals surface area contributed by atoms with Gasteiger partial charge in [-0.05, 0) is 31.9 Å². The summed E-state index contributed by atoms with van der Waals surface area (Å²) >= 11 is 1.34. The van der Waals surface area contributed by atoms with Gasteiger partial charge < -0.3 is 10.2 Å². The second kappa shape index (κ2) is 6.97. The molecule has 2 aliphatic rings. The first kappa shape index (κ1) is 18.5. The Morgan fingerprint density at radius 3 is 2.82 bits per heavy atom. The molecule has 0 saturated carbocycles. The van der Waals surface area contributed by atoms with Gasteiger partial charge in [-0.15, -0.1) is 10.2 Å². The van der Waals surface area contributed by atoms with Gasteiger partial charge in [-0.25, -0.2) is 0 Å². The second-order valence-corrected chi connectivity index (χ2v) is 8.13. The lowest BCUT2D eigenvalue weighted by Gasteiger charge is -2.48. The highest BCUT2D eigenvalue weighted by Gasteiger charge is 2.52. The highest BCUT2D eigenvalue weighted by molar-refractivity contribution is 7.15. The number of carbonyl (C=O) groups excluding carboxylic acids is 3. The lowest BCUT2D eigenvalue weighted by Crippen LogP contribution is -2.62. The van der Waals surface area contributed by atoms with Crippen molar-refractivity contribution >= 4 is 39.9 Å². The minimum Gasteiger partial charge on any atom is -0.315 e. The van der Waals surface area contributed by atoms with Crippen LogP contribution in [0.25, 0.3) is 0 Å². The number of amides is 3. The number of anilines is 2. The van der Waals surface area contributed by atoms with E-state index in [1.807, 2.05) is 19.9 Å². The van der Waals surface area contributed by atoms with Crippen molar-refractivity contribution in [3.8, 4) is 0 Å². The Balaban J connectivity index is 1.53. The van der Waals surface area contributed by atoms with Crippen LogP contribution in [0.3, 0.4) is 0 Å². The summed E-state index contributed by atoms with van der Waals surface area (Å²) in [6, 6.07) is 7.14. The normalized spacial score (nSPS) is 20.9. The quantitative estimate of drug-likeness (QED) is 0.833. The number of para-hydroxylation sites is 1. The SMILES string of the molecule is CCc1nnc(NC(=O)CCN2C(=O)c3ccccc3N3C(=O)CC[C@@]23C)s1. The first-order chi connectivity index (χ1) is 13.4. The van der Waals surface area contributed by atoms with E-state index in [2.05, 4.69) is 15.5 Å². The zero-order chi connectivity index (χ0) is 19.9. The van der Waals surface area contributed by atoms with E-state index in [0.717, 1.165) is 11.4 Å². The maximum absolute atomic E-state index is 13.1. The highest BCUT2D eigenvalue weighted by Crippen LogP contribution is 2.43. The van der Waals surface area contributed by atoms with Gasteiger partial charge in [-0.1, -0.05) is 30.4 Å². The van der Waals surface area contributed by atoms with Crippen molar-refractivity contribution in [3.05, 3.63) is 34.8 Å². The molecular formula is C19H21N5O3S. The molecule has 1 aromatic heterocycles. The molecule has 0 radical (unpaired) electrons. The van der Waals surface area contributed by atoms with Crippen molar-refractivity contribution in [1.82, 2.24) is 15.1 Å². The molecule has 2 aliphatic heterocycles. The average Bonchev–Trinajstić information content (AvgIpc) is 3.26. The number of nitrogens with zero attached hydrogens (tertiary/aromatic N) is 4. The summed E-state index contributed by atoms with van der Waals surface area (Å²) in [7, 11) is 0. The summed E-state index contributed by atoms with van der Waals surface area (Å²) in [5.41, 5.74) is 0.396. The fourth-order valence-electron chi connectivity index (χ4n) is 3.88.